The maximum absolute atomic E-state index is 6.19. The van der Waals surface area contributed by atoms with E-state index in [4.69, 9.17) is 5.73 Å². The molecule has 0 bridgehead atoms. The molecular formula is C16H24N4. The lowest BCUT2D eigenvalue weighted by Crippen LogP contribution is -2.21. The summed E-state index contributed by atoms with van der Waals surface area (Å²) >= 11 is 0. The summed E-state index contributed by atoms with van der Waals surface area (Å²) in [6.45, 7) is 7.94. The van der Waals surface area contributed by atoms with E-state index >= 15 is 0 Å². The van der Waals surface area contributed by atoms with Crippen molar-refractivity contribution in [1.82, 2.24) is 9.78 Å². The highest BCUT2D eigenvalue weighted by molar-refractivity contribution is 5.66. The van der Waals surface area contributed by atoms with Crippen molar-refractivity contribution in [3.05, 3.63) is 41.1 Å². The van der Waals surface area contributed by atoms with Gasteiger partial charge in [0.05, 0.1) is 11.4 Å². The van der Waals surface area contributed by atoms with Gasteiger partial charge < -0.3 is 10.6 Å². The van der Waals surface area contributed by atoms with E-state index in [2.05, 4.69) is 55.2 Å². The van der Waals surface area contributed by atoms with Gasteiger partial charge in [-0.3, -0.25) is 0 Å². The molecule has 2 rings (SSSR count). The lowest BCUT2D eigenvalue weighted by Gasteiger charge is -2.21. The minimum absolute atomic E-state index is 0.785. The summed E-state index contributed by atoms with van der Waals surface area (Å²) in [5, 5.41) is 4.53. The molecule has 0 aliphatic heterocycles. The van der Waals surface area contributed by atoms with Crippen molar-refractivity contribution in [2.24, 2.45) is 0 Å². The zero-order valence-electron chi connectivity index (χ0n) is 12.8. The first-order valence-corrected chi connectivity index (χ1v) is 7.12. The van der Waals surface area contributed by atoms with E-state index in [1.54, 1.807) is 0 Å². The zero-order valence-corrected chi connectivity index (χ0v) is 12.8. The molecule has 0 fully saturated rings. The summed E-state index contributed by atoms with van der Waals surface area (Å²) in [6.07, 6.45) is 1.05. The summed E-state index contributed by atoms with van der Waals surface area (Å²) in [5.41, 5.74) is 10.4. The molecule has 0 amide bonds. The number of nitrogen functional groups attached to an aromatic ring is 1. The molecule has 2 aromatic rings. The van der Waals surface area contributed by atoms with Crippen LogP contribution in [0.2, 0.25) is 0 Å². The van der Waals surface area contributed by atoms with Gasteiger partial charge in [-0.25, -0.2) is 4.68 Å². The number of nitrogens with two attached hydrogens (primary N) is 1. The predicted octanol–water partition coefficient (Wildman–Crippen LogP) is 3.13. The quantitative estimate of drug-likeness (QED) is 0.909. The van der Waals surface area contributed by atoms with Crippen LogP contribution >= 0.6 is 0 Å². The van der Waals surface area contributed by atoms with E-state index in [0.29, 0.717) is 0 Å². The Labute approximate surface area is 121 Å². The molecule has 0 spiro atoms. The fraction of sp³-hybridized carbons (Fsp3) is 0.438. The van der Waals surface area contributed by atoms with Crippen LogP contribution in [-0.4, -0.2) is 16.8 Å². The number of rotatable bonds is 5. The number of hydrogen-bond donors (Lipinski definition) is 1. The van der Waals surface area contributed by atoms with E-state index in [0.717, 1.165) is 36.7 Å². The summed E-state index contributed by atoms with van der Waals surface area (Å²) in [6, 6.07) is 8.60. The molecule has 0 atom stereocenters. The molecule has 4 heteroatoms. The first kappa shape index (κ1) is 14.4. The van der Waals surface area contributed by atoms with Crippen LogP contribution in [0.3, 0.4) is 0 Å². The average molecular weight is 272 g/mol. The van der Waals surface area contributed by atoms with Gasteiger partial charge in [-0.2, -0.15) is 5.10 Å². The Morgan fingerprint density at radius 1 is 1.20 bits per heavy atom. The molecule has 1 aromatic carbocycles. The fourth-order valence-electron chi connectivity index (χ4n) is 2.40. The van der Waals surface area contributed by atoms with Crippen molar-refractivity contribution in [3.63, 3.8) is 0 Å². The van der Waals surface area contributed by atoms with Crippen LogP contribution in [0.25, 0.3) is 0 Å². The van der Waals surface area contributed by atoms with Crippen LogP contribution in [0, 0.1) is 13.8 Å². The summed E-state index contributed by atoms with van der Waals surface area (Å²) in [7, 11) is 2.07. The first-order chi connectivity index (χ1) is 9.52. The number of aromatic nitrogens is 2. The molecule has 1 aromatic heterocycles. The third-order valence-electron chi connectivity index (χ3n) is 3.48. The number of hydrogen-bond acceptors (Lipinski definition) is 3. The van der Waals surface area contributed by atoms with Gasteiger partial charge in [0, 0.05) is 20.1 Å². The third kappa shape index (κ3) is 2.95. The molecule has 4 nitrogen and oxygen atoms in total. The van der Waals surface area contributed by atoms with E-state index in [1.807, 2.05) is 11.6 Å². The van der Waals surface area contributed by atoms with E-state index in [1.165, 1.54) is 11.1 Å². The standard InChI is InChI=1S/C16H24N4/c1-5-10-20-16(15(17)13(3)18-20)19(4)11-14-8-6-12(2)7-9-14/h6-9H,5,10-11,17H2,1-4H3. The van der Waals surface area contributed by atoms with Gasteiger partial charge in [0.1, 0.15) is 0 Å². The molecule has 0 radical (unpaired) electrons. The lowest BCUT2D eigenvalue weighted by molar-refractivity contribution is 0.591. The topological polar surface area (TPSA) is 47.1 Å². The maximum atomic E-state index is 6.19. The highest BCUT2D eigenvalue weighted by Gasteiger charge is 2.16. The monoisotopic (exact) mass is 272 g/mol. The van der Waals surface area contributed by atoms with Gasteiger partial charge in [-0.15, -0.1) is 0 Å². The van der Waals surface area contributed by atoms with Gasteiger partial charge in [-0.1, -0.05) is 36.8 Å². The van der Waals surface area contributed by atoms with Crippen molar-refractivity contribution >= 4 is 11.5 Å². The van der Waals surface area contributed by atoms with Crippen LogP contribution in [0.1, 0.15) is 30.2 Å². The molecule has 0 aliphatic rings. The van der Waals surface area contributed by atoms with Crippen molar-refractivity contribution < 1.29 is 0 Å². The average Bonchev–Trinajstić information content (AvgIpc) is 2.68. The Morgan fingerprint density at radius 2 is 1.85 bits per heavy atom. The lowest BCUT2D eigenvalue weighted by atomic mass is 10.1. The number of nitrogens with zero attached hydrogens (tertiary/aromatic N) is 3. The fourth-order valence-corrected chi connectivity index (χ4v) is 2.40. The van der Waals surface area contributed by atoms with Crippen LogP contribution < -0.4 is 10.6 Å². The van der Waals surface area contributed by atoms with Crippen LogP contribution in [0.4, 0.5) is 11.5 Å². The molecule has 0 saturated carbocycles. The summed E-state index contributed by atoms with van der Waals surface area (Å²) in [5.74, 6) is 1.02. The Bertz CT molecular complexity index is 569. The molecule has 0 unspecified atom stereocenters. The van der Waals surface area contributed by atoms with Crippen LogP contribution in [0.15, 0.2) is 24.3 Å². The van der Waals surface area contributed by atoms with Crippen LogP contribution in [0.5, 0.6) is 0 Å². The Morgan fingerprint density at radius 3 is 2.45 bits per heavy atom. The smallest absolute Gasteiger partial charge is 0.150 e. The SMILES string of the molecule is CCCn1nc(C)c(N)c1N(C)Cc1ccc(C)cc1. The minimum atomic E-state index is 0.785. The Kier molecular flexibility index (Phi) is 4.32. The van der Waals surface area contributed by atoms with E-state index in [-0.39, 0.29) is 0 Å². The molecular weight excluding hydrogens is 248 g/mol. The van der Waals surface area contributed by atoms with Crippen molar-refractivity contribution in [1.29, 1.82) is 0 Å². The summed E-state index contributed by atoms with van der Waals surface area (Å²) in [4.78, 5) is 2.18. The Balaban J connectivity index is 2.24. The molecule has 0 saturated heterocycles. The van der Waals surface area contributed by atoms with E-state index in [9.17, 15) is 0 Å². The minimum Gasteiger partial charge on any atom is -0.394 e. The summed E-state index contributed by atoms with van der Waals surface area (Å²) < 4.78 is 2.01. The second-order valence-electron chi connectivity index (χ2n) is 5.39. The number of anilines is 2. The van der Waals surface area contributed by atoms with E-state index < -0.39 is 0 Å². The first-order valence-electron chi connectivity index (χ1n) is 7.12. The number of benzene rings is 1. The highest BCUT2D eigenvalue weighted by atomic mass is 15.4. The molecule has 20 heavy (non-hydrogen) atoms. The Hall–Kier alpha value is -1.97. The normalized spacial score (nSPS) is 10.8. The predicted molar refractivity (Wildman–Crippen MR) is 85.0 cm³/mol. The molecule has 1 heterocycles. The highest BCUT2D eigenvalue weighted by Crippen LogP contribution is 2.27. The van der Waals surface area contributed by atoms with Gasteiger partial charge in [0.25, 0.3) is 0 Å². The van der Waals surface area contributed by atoms with Gasteiger partial charge in [0.15, 0.2) is 5.82 Å². The van der Waals surface area contributed by atoms with Gasteiger partial charge >= 0.3 is 0 Å². The molecule has 0 aliphatic carbocycles. The molecule has 108 valence electrons. The zero-order chi connectivity index (χ0) is 14.7. The third-order valence-corrected chi connectivity index (χ3v) is 3.48. The largest absolute Gasteiger partial charge is 0.394 e. The van der Waals surface area contributed by atoms with Gasteiger partial charge in [-0.05, 0) is 25.8 Å². The second-order valence-corrected chi connectivity index (χ2v) is 5.39. The van der Waals surface area contributed by atoms with Crippen molar-refractivity contribution in [2.45, 2.75) is 40.3 Å². The maximum Gasteiger partial charge on any atom is 0.150 e. The van der Waals surface area contributed by atoms with Crippen molar-refractivity contribution in [2.75, 3.05) is 17.7 Å². The van der Waals surface area contributed by atoms with Crippen LogP contribution in [-0.2, 0) is 13.1 Å². The van der Waals surface area contributed by atoms with Crippen molar-refractivity contribution in [3.8, 4) is 0 Å². The number of aryl methyl sites for hydroxylation is 3. The second kappa shape index (κ2) is 5.99. The molecule has 2 N–H and O–H groups in total. The van der Waals surface area contributed by atoms with Gasteiger partial charge in [0.2, 0.25) is 0 Å².